The Kier molecular flexibility index (Phi) is 4.40. The highest BCUT2D eigenvalue weighted by molar-refractivity contribution is 9.10. The van der Waals surface area contributed by atoms with Crippen LogP contribution in [-0.2, 0) is 4.79 Å². The zero-order valence-electron chi connectivity index (χ0n) is 11.4. The minimum atomic E-state index is -0.923. The van der Waals surface area contributed by atoms with Crippen LogP contribution >= 0.6 is 15.9 Å². The van der Waals surface area contributed by atoms with Gasteiger partial charge in [-0.2, -0.15) is 0 Å². The third-order valence-electron chi connectivity index (χ3n) is 3.11. The molecule has 102 valence electrons. The summed E-state index contributed by atoms with van der Waals surface area (Å²) < 4.78 is 0.878. The molecule has 1 N–H and O–H groups in total. The van der Waals surface area contributed by atoms with E-state index in [1.54, 1.807) is 6.08 Å². The van der Waals surface area contributed by atoms with Gasteiger partial charge in [0.2, 0.25) is 0 Å². The summed E-state index contributed by atoms with van der Waals surface area (Å²) in [6.07, 6.45) is 1.70. The molecule has 0 aromatic heterocycles. The van der Waals surface area contributed by atoms with Crippen molar-refractivity contribution in [2.24, 2.45) is 0 Å². The van der Waals surface area contributed by atoms with Gasteiger partial charge in [-0.1, -0.05) is 57.9 Å². The molecule has 0 spiro atoms. The molecule has 2 aromatic rings. The highest BCUT2D eigenvalue weighted by Gasteiger charge is 2.13. The fourth-order valence-electron chi connectivity index (χ4n) is 2.12. The van der Waals surface area contributed by atoms with Crippen LogP contribution in [0.25, 0.3) is 11.6 Å². The zero-order valence-corrected chi connectivity index (χ0v) is 12.9. The van der Waals surface area contributed by atoms with E-state index >= 15 is 0 Å². The Bertz CT molecular complexity index is 687. The molecular weight excluding hydrogens is 316 g/mol. The van der Waals surface area contributed by atoms with Crippen molar-refractivity contribution in [2.75, 3.05) is 0 Å². The molecule has 0 atom stereocenters. The first-order valence-corrected chi connectivity index (χ1v) is 7.05. The minimum Gasteiger partial charge on any atom is -0.478 e. The van der Waals surface area contributed by atoms with Crippen molar-refractivity contribution in [2.45, 2.75) is 13.8 Å². The summed E-state index contributed by atoms with van der Waals surface area (Å²) in [6, 6.07) is 13.4. The second kappa shape index (κ2) is 6.06. The van der Waals surface area contributed by atoms with Gasteiger partial charge in [-0.05, 0) is 42.7 Å². The van der Waals surface area contributed by atoms with E-state index in [9.17, 15) is 9.90 Å². The molecule has 0 heterocycles. The standard InChI is InChI=1S/C17H15BrO2/c1-11-7-8-14(12(2)9-11)15(17(19)20)10-13-5-3-4-6-16(13)18/h3-10H,1-2H3,(H,19,20)/b15-10-. The Labute approximate surface area is 126 Å². The number of benzene rings is 2. The van der Waals surface area contributed by atoms with Crippen LogP contribution in [-0.4, -0.2) is 11.1 Å². The molecule has 0 bridgehead atoms. The van der Waals surface area contributed by atoms with Crippen LogP contribution in [0.5, 0.6) is 0 Å². The number of carbonyl (C=O) groups is 1. The zero-order chi connectivity index (χ0) is 14.7. The van der Waals surface area contributed by atoms with Gasteiger partial charge in [-0.15, -0.1) is 0 Å². The summed E-state index contributed by atoms with van der Waals surface area (Å²) in [7, 11) is 0. The van der Waals surface area contributed by atoms with Crippen LogP contribution in [0.3, 0.4) is 0 Å². The lowest BCUT2D eigenvalue weighted by Gasteiger charge is -2.09. The van der Waals surface area contributed by atoms with Gasteiger partial charge in [-0.3, -0.25) is 0 Å². The lowest BCUT2D eigenvalue weighted by atomic mass is 9.97. The molecule has 0 amide bonds. The molecule has 3 heteroatoms. The molecule has 0 fully saturated rings. The lowest BCUT2D eigenvalue weighted by Crippen LogP contribution is -2.02. The predicted octanol–water partition coefficient (Wildman–Crippen LogP) is 4.69. The molecule has 0 aliphatic rings. The molecule has 2 aromatic carbocycles. The van der Waals surface area contributed by atoms with E-state index in [2.05, 4.69) is 15.9 Å². The summed E-state index contributed by atoms with van der Waals surface area (Å²) in [5.41, 5.74) is 3.99. The first-order chi connectivity index (χ1) is 9.49. The van der Waals surface area contributed by atoms with Gasteiger partial charge in [0.15, 0.2) is 0 Å². The minimum absolute atomic E-state index is 0.300. The maximum Gasteiger partial charge on any atom is 0.336 e. The van der Waals surface area contributed by atoms with Gasteiger partial charge in [-0.25, -0.2) is 4.79 Å². The van der Waals surface area contributed by atoms with E-state index in [4.69, 9.17) is 0 Å². The molecular formula is C17H15BrO2. The number of carboxylic acid groups (broad SMARTS) is 1. The number of hydrogen-bond donors (Lipinski definition) is 1. The SMILES string of the molecule is Cc1ccc(/C(=C/c2ccccc2Br)C(=O)O)c(C)c1. The predicted molar refractivity (Wildman–Crippen MR) is 85.6 cm³/mol. The van der Waals surface area contributed by atoms with Crippen LogP contribution in [0.15, 0.2) is 46.9 Å². The largest absolute Gasteiger partial charge is 0.478 e. The van der Waals surface area contributed by atoms with Crippen molar-refractivity contribution < 1.29 is 9.90 Å². The molecule has 0 unspecified atom stereocenters. The monoisotopic (exact) mass is 330 g/mol. The van der Waals surface area contributed by atoms with Crippen molar-refractivity contribution in [1.29, 1.82) is 0 Å². The van der Waals surface area contributed by atoms with Crippen molar-refractivity contribution in [3.05, 3.63) is 69.2 Å². The van der Waals surface area contributed by atoms with Gasteiger partial charge in [0, 0.05) is 4.47 Å². The van der Waals surface area contributed by atoms with E-state index in [0.29, 0.717) is 5.57 Å². The number of halogens is 1. The molecule has 20 heavy (non-hydrogen) atoms. The Balaban J connectivity index is 2.58. The molecule has 0 saturated carbocycles. The fraction of sp³-hybridized carbons (Fsp3) is 0.118. The van der Waals surface area contributed by atoms with E-state index < -0.39 is 5.97 Å². The Morgan fingerprint density at radius 2 is 1.85 bits per heavy atom. The van der Waals surface area contributed by atoms with Crippen LogP contribution in [0, 0.1) is 13.8 Å². The molecule has 0 radical (unpaired) electrons. The number of aryl methyl sites for hydroxylation is 2. The molecule has 2 nitrogen and oxygen atoms in total. The van der Waals surface area contributed by atoms with Crippen molar-refractivity contribution in [1.82, 2.24) is 0 Å². The molecule has 0 aliphatic carbocycles. The maximum atomic E-state index is 11.6. The third-order valence-corrected chi connectivity index (χ3v) is 3.83. The molecule has 2 rings (SSSR count). The summed E-state index contributed by atoms with van der Waals surface area (Å²) in [4.78, 5) is 11.6. The number of rotatable bonds is 3. The molecule has 0 saturated heterocycles. The van der Waals surface area contributed by atoms with Crippen molar-refractivity contribution in [3.63, 3.8) is 0 Å². The number of aliphatic carboxylic acids is 1. The summed E-state index contributed by atoms with van der Waals surface area (Å²) in [6.45, 7) is 3.92. The van der Waals surface area contributed by atoms with Gasteiger partial charge >= 0.3 is 5.97 Å². The number of carboxylic acids is 1. The Hall–Kier alpha value is -1.87. The second-order valence-corrected chi connectivity index (χ2v) is 5.56. The summed E-state index contributed by atoms with van der Waals surface area (Å²) >= 11 is 3.44. The van der Waals surface area contributed by atoms with Crippen molar-refractivity contribution >= 4 is 33.5 Å². The smallest absolute Gasteiger partial charge is 0.336 e. The van der Waals surface area contributed by atoms with Gasteiger partial charge in [0.25, 0.3) is 0 Å². The van der Waals surface area contributed by atoms with E-state index in [1.807, 2.05) is 56.3 Å². The Morgan fingerprint density at radius 1 is 1.15 bits per heavy atom. The van der Waals surface area contributed by atoms with Crippen LogP contribution in [0.4, 0.5) is 0 Å². The maximum absolute atomic E-state index is 11.6. The molecule has 0 aliphatic heterocycles. The highest BCUT2D eigenvalue weighted by atomic mass is 79.9. The first-order valence-electron chi connectivity index (χ1n) is 6.26. The quantitative estimate of drug-likeness (QED) is 0.654. The number of hydrogen-bond acceptors (Lipinski definition) is 1. The normalized spacial score (nSPS) is 11.4. The summed E-state index contributed by atoms with van der Waals surface area (Å²) in [5, 5.41) is 9.49. The Morgan fingerprint density at radius 3 is 2.45 bits per heavy atom. The average Bonchev–Trinajstić information content (AvgIpc) is 2.38. The van der Waals surface area contributed by atoms with Crippen LogP contribution < -0.4 is 0 Å². The lowest BCUT2D eigenvalue weighted by molar-refractivity contribution is -0.130. The topological polar surface area (TPSA) is 37.3 Å². The van der Waals surface area contributed by atoms with Crippen LogP contribution in [0.2, 0.25) is 0 Å². The van der Waals surface area contributed by atoms with E-state index in [1.165, 1.54) is 0 Å². The summed E-state index contributed by atoms with van der Waals surface area (Å²) in [5.74, 6) is -0.923. The van der Waals surface area contributed by atoms with E-state index in [0.717, 1.165) is 26.7 Å². The van der Waals surface area contributed by atoms with Gasteiger partial charge in [0.1, 0.15) is 0 Å². The highest BCUT2D eigenvalue weighted by Crippen LogP contribution is 2.26. The third kappa shape index (κ3) is 3.17. The van der Waals surface area contributed by atoms with Gasteiger partial charge in [0.05, 0.1) is 5.57 Å². The fourth-order valence-corrected chi connectivity index (χ4v) is 2.52. The van der Waals surface area contributed by atoms with Crippen LogP contribution in [0.1, 0.15) is 22.3 Å². The van der Waals surface area contributed by atoms with Crippen molar-refractivity contribution in [3.8, 4) is 0 Å². The first kappa shape index (κ1) is 14.5. The van der Waals surface area contributed by atoms with Gasteiger partial charge < -0.3 is 5.11 Å². The van der Waals surface area contributed by atoms with E-state index in [-0.39, 0.29) is 0 Å². The average molecular weight is 331 g/mol. The second-order valence-electron chi connectivity index (χ2n) is 4.70.